The van der Waals surface area contributed by atoms with Crippen molar-refractivity contribution in [1.82, 2.24) is 4.57 Å². The zero-order valence-corrected chi connectivity index (χ0v) is 9.82. The molecule has 4 nitrogen and oxygen atoms in total. The van der Waals surface area contributed by atoms with E-state index < -0.39 is 5.97 Å². The van der Waals surface area contributed by atoms with Crippen LogP contribution in [0.5, 0.6) is 0 Å². The Balaban J connectivity index is 2.03. The fourth-order valence-electron chi connectivity index (χ4n) is 2.43. The van der Waals surface area contributed by atoms with E-state index in [1.807, 2.05) is 10.6 Å². The first-order valence-electron chi connectivity index (χ1n) is 6.12. The molecule has 0 unspecified atom stereocenters. The monoisotopic (exact) mass is 235 g/mol. The number of rotatable bonds is 5. The van der Waals surface area contributed by atoms with Crippen molar-refractivity contribution in [3.8, 4) is 0 Å². The van der Waals surface area contributed by atoms with Crippen LogP contribution < -0.4 is 5.56 Å². The summed E-state index contributed by atoms with van der Waals surface area (Å²) in [6.45, 7) is 0.648. The molecule has 0 fully saturated rings. The second-order valence-electron chi connectivity index (χ2n) is 4.50. The molecule has 4 heteroatoms. The molecular formula is C13H17NO3. The number of carboxylic acids is 1. The highest BCUT2D eigenvalue weighted by atomic mass is 16.4. The molecule has 0 saturated carbocycles. The first kappa shape index (κ1) is 11.9. The van der Waals surface area contributed by atoms with E-state index in [4.69, 9.17) is 5.11 Å². The van der Waals surface area contributed by atoms with Crippen molar-refractivity contribution >= 4 is 5.97 Å². The molecule has 1 heterocycles. The lowest BCUT2D eigenvalue weighted by molar-refractivity contribution is -0.137. The molecule has 92 valence electrons. The third kappa shape index (κ3) is 2.75. The predicted octanol–water partition coefficient (Wildman–Crippen LogP) is 1.59. The summed E-state index contributed by atoms with van der Waals surface area (Å²) in [6.07, 6.45) is 4.72. The van der Waals surface area contributed by atoms with Crippen LogP contribution in [0.25, 0.3) is 0 Å². The second-order valence-corrected chi connectivity index (χ2v) is 4.50. The Kier molecular flexibility index (Phi) is 3.61. The van der Waals surface area contributed by atoms with E-state index in [1.165, 1.54) is 5.56 Å². The van der Waals surface area contributed by atoms with Gasteiger partial charge in [0.25, 0.3) is 5.56 Å². The summed E-state index contributed by atoms with van der Waals surface area (Å²) in [5, 5.41) is 8.55. The van der Waals surface area contributed by atoms with Gasteiger partial charge in [0.2, 0.25) is 0 Å². The Hall–Kier alpha value is -1.58. The molecule has 1 aliphatic carbocycles. The average Bonchev–Trinajstić information content (AvgIpc) is 2.74. The molecule has 1 aliphatic rings. The van der Waals surface area contributed by atoms with Gasteiger partial charge < -0.3 is 9.67 Å². The van der Waals surface area contributed by atoms with Crippen molar-refractivity contribution < 1.29 is 9.90 Å². The van der Waals surface area contributed by atoms with Crippen LogP contribution in [0.4, 0.5) is 0 Å². The molecule has 0 amide bonds. The molecule has 0 radical (unpaired) electrons. The van der Waals surface area contributed by atoms with E-state index >= 15 is 0 Å². The Bertz CT molecular complexity index is 476. The molecule has 0 aliphatic heterocycles. The minimum atomic E-state index is -0.768. The first-order chi connectivity index (χ1) is 8.18. The number of hydrogen-bond acceptors (Lipinski definition) is 2. The number of fused-ring (bicyclic) bond motifs is 1. The summed E-state index contributed by atoms with van der Waals surface area (Å²) in [5.41, 5.74) is 2.48. The van der Waals surface area contributed by atoms with E-state index in [9.17, 15) is 9.59 Å². The molecule has 2 rings (SSSR count). The van der Waals surface area contributed by atoms with E-state index in [2.05, 4.69) is 0 Å². The van der Waals surface area contributed by atoms with Crippen molar-refractivity contribution in [2.24, 2.45) is 0 Å². The third-order valence-corrected chi connectivity index (χ3v) is 3.27. The van der Waals surface area contributed by atoms with Crippen LogP contribution in [0, 0.1) is 0 Å². The van der Waals surface area contributed by atoms with Gasteiger partial charge >= 0.3 is 5.97 Å². The van der Waals surface area contributed by atoms with Crippen LogP contribution in [-0.2, 0) is 24.2 Å². The van der Waals surface area contributed by atoms with Crippen molar-refractivity contribution in [3.05, 3.63) is 33.7 Å². The largest absolute Gasteiger partial charge is 0.481 e. The highest BCUT2D eigenvalue weighted by molar-refractivity contribution is 5.66. The van der Waals surface area contributed by atoms with Crippen LogP contribution in [0.15, 0.2) is 16.9 Å². The third-order valence-electron chi connectivity index (χ3n) is 3.27. The van der Waals surface area contributed by atoms with Crippen molar-refractivity contribution in [2.75, 3.05) is 0 Å². The SMILES string of the molecule is O=C(O)CCCCn1c2c(ccc1=O)CCC2. The highest BCUT2D eigenvalue weighted by Crippen LogP contribution is 2.20. The van der Waals surface area contributed by atoms with Gasteiger partial charge in [0.15, 0.2) is 0 Å². The van der Waals surface area contributed by atoms with Gasteiger partial charge in [0.1, 0.15) is 0 Å². The maximum atomic E-state index is 11.8. The number of unbranched alkanes of at least 4 members (excludes halogenated alkanes) is 1. The standard InChI is InChI=1S/C13H17NO3/c15-12-8-7-10-4-3-5-11(10)14(12)9-2-1-6-13(16)17/h7-8H,1-6,9H2,(H,16,17). The van der Waals surface area contributed by atoms with Gasteiger partial charge in [-0.05, 0) is 37.7 Å². The predicted molar refractivity (Wildman–Crippen MR) is 64.2 cm³/mol. The Labute approximate surface area is 99.9 Å². The van der Waals surface area contributed by atoms with E-state index in [-0.39, 0.29) is 12.0 Å². The van der Waals surface area contributed by atoms with Gasteiger partial charge in [0.05, 0.1) is 0 Å². The van der Waals surface area contributed by atoms with Gasteiger partial charge in [-0.2, -0.15) is 0 Å². The Morgan fingerprint density at radius 1 is 1.29 bits per heavy atom. The molecule has 0 spiro atoms. The lowest BCUT2D eigenvalue weighted by atomic mass is 10.2. The molecular weight excluding hydrogens is 218 g/mol. The fraction of sp³-hybridized carbons (Fsp3) is 0.538. The number of carboxylic acid groups (broad SMARTS) is 1. The molecule has 0 aromatic carbocycles. The lowest BCUT2D eigenvalue weighted by Gasteiger charge is -2.11. The maximum Gasteiger partial charge on any atom is 0.303 e. The molecule has 17 heavy (non-hydrogen) atoms. The van der Waals surface area contributed by atoms with Gasteiger partial charge in [0, 0.05) is 24.7 Å². The summed E-state index contributed by atoms with van der Waals surface area (Å²) in [7, 11) is 0. The quantitative estimate of drug-likeness (QED) is 0.788. The first-order valence-corrected chi connectivity index (χ1v) is 6.12. The van der Waals surface area contributed by atoms with Crippen LogP contribution in [0.3, 0.4) is 0 Å². The van der Waals surface area contributed by atoms with Crippen molar-refractivity contribution in [3.63, 3.8) is 0 Å². The molecule has 1 N–H and O–H groups in total. The number of nitrogens with zero attached hydrogens (tertiary/aromatic N) is 1. The normalized spacial score (nSPS) is 13.6. The van der Waals surface area contributed by atoms with E-state index in [0.717, 1.165) is 31.4 Å². The maximum absolute atomic E-state index is 11.8. The molecule has 1 aromatic heterocycles. The van der Waals surface area contributed by atoms with Gasteiger partial charge in [-0.15, -0.1) is 0 Å². The zero-order chi connectivity index (χ0) is 12.3. The zero-order valence-electron chi connectivity index (χ0n) is 9.82. The van der Waals surface area contributed by atoms with E-state index in [0.29, 0.717) is 13.0 Å². The van der Waals surface area contributed by atoms with Crippen LogP contribution >= 0.6 is 0 Å². The highest BCUT2D eigenvalue weighted by Gasteiger charge is 2.15. The molecule has 0 saturated heterocycles. The fourth-order valence-corrected chi connectivity index (χ4v) is 2.43. The topological polar surface area (TPSA) is 59.3 Å². The minimum absolute atomic E-state index is 0.0426. The summed E-state index contributed by atoms with van der Waals surface area (Å²) >= 11 is 0. The van der Waals surface area contributed by atoms with Crippen LogP contribution in [-0.4, -0.2) is 15.6 Å². The second kappa shape index (κ2) is 5.17. The number of aliphatic carboxylic acids is 1. The minimum Gasteiger partial charge on any atom is -0.481 e. The van der Waals surface area contributed by atoms with Crippen molar-refractivity contribution in [1.29, 1.82) is 0 Å². The van der Waals surface area contributed by atoms with Crippen LogP contribution in [0.2, 0.25) is 0 Å². The van der Waals surface area contributed by atoms with Gasteiger partial charge in [-0.1, -0.05) is 6.07 Å². The number of hydrogen-bond donors (Lipinski definition) is 1. The number of aryl methyl sites for hydroxylation is 1. The molecule has 1 aromatic rings. The summed E-state index contributed by atoms with van der Waals surface area (Å²) in [6, 6.07) is 3.56. The van der Waals surface area contributed by atoms with Crippen LogP contribution in [0.1, 0.15) is 36.9 Å². The van der Waals surface area contributed by atoms with Gasteiger partial charge in [-0.3, -0.25) is 9.59 Å². The summed E-state index contributed by atoms with van der Waals surface area (Å²) in [4.78, 5) is 22.1. The molecule has 0 bridgehead atoms. The number of carbonyl (C=O) groups is 1. The lowest BCUT2D eigenvalue weighted by Crippen LogP contribution is -2.22. The van der Waals surface area contributed by atoms with Gasteiger partial charge in [-0.25, -0.2) is 0 Å². The van der Waals surface area contributed by atoms with E-state index in [1.54, 1.807) is 6.07 Å². The number of aromatic nitrogens is 1. The summed E-state index contributed by atoms with van der Waals surface area (Å²) in [5.74, 6) is -0.768. The Morgan fingerprint density at radius 2 is 2.12 bits per heavy atom. The number of pyridine rings is 1. The van der Waals surface area contributed by atoms with Crippen molar-refractivity contribution in [2.45, 2.75) is 45.1 Å². The average molecular weight is 235 g/mol. The smallest absolute Gasteiger partial charge is 0.303 e. The Morgan fingerprint density at radius 3 is 2.88 bits per heavy atom. The summed E-state index contributed by atoms with van der Waals surface area (Å²) < 4.78 is 1.82. The molecule has 0 atom stereocenters.